The minimum atomic E-state index is -1.32. The fourth-order valence-electron chi connectivity index (χ4n) is 3.21. The van der Waals surface area contributed by atoms with Gasteiger partial charge in [0.25, 0.3) is 0 Å². The van der Waals surface area contributed by atoms with Crippen LogP contribution in [0.5, 0.6) is 0 Å². The molecule has 2 N–H and O–H groups in total. The fraction of sp³-hybridized carbons (Fsp3) is 0.227. The molecule has 0 aromatic heterocycles. The van der Waals surface area contributed by atoms with Gasteiger partial charge >= 0.3 is 0 Å². The zero-order valence-electron chi connectivity index (χ0n) is 15.0. The maximum absolute atomic E-state index is 11.8. The Morgan fingerprint density at radius 1 is 0.926 bits per heavy atom. The Morgan fingerprint density at radius 2 is 1.48 bits per heavy atom. The first-order valence-electron chi connectivity index (χ1n) is 9.02. The predicted octanol–water partition coefficient (Wildman–Crippen LogP) is 3.56. The van der Waals surface area contributed by atoms with Crippen LogP contribution in [-0.2, 0) is 4.74 Å². The number of hydrogen-bond donors (Lipinski definition) is 2. The van der Waals surface area contributed by atoms with Gasteiger partial charge in [-0.25, -0.2) is 0 Å². The van der Waals surface area contributed by atoms with Crippen LogP contribution in [0, 0.1) is 0 Å². The first-order valence-corrected chi connectivity index (χ1v) is 10.0. The lowest BCUT2D eigenvalue weighted by Crippen LogP contribution is -2.54. The van der Waals surface area contributed by atoms with Gasteiger partial charge in [-0.2, -0.15) is 0 Å². The Bertz CT molecular complexity index is 818. The summed E-state index contributed by atoms with van der Waals surface area (Å²) < 4.78 is 5.82. The van der Waals surface area contributed by atoms with E-state index in [2.05, 4.69) is 10.3 Å². The number of aliphatic imine (C=N–C) groups is 1. The average Bonchev–Trinajstić information content (AvgIpc) is 3.20. The topological polar surface area (TPSA) is 53.8 Å². The summed E-state index contributed by atoms with van der Waals surface area (Å²) in [6.45, 7) is 1.50. The number of benzene rings is 2. The molecule has 0 radical (unpaired) electrons. The summed E-state index contributed by atoms with van der Waals surface area (Å²) in [7, 11) is 0. The Morgan fingerprint density at radius 3 is 1.96 bits per heavy atom. The standard InChI is InChI=1S/C22H22N2O2S/c25-22(24-21-23-11-12-27-21)19(13-17-7-3-1-4-8-17)15-26-16-20(22)14-18-9-5-2-6-10-18/h1-10,13-14,25H,11-12,15-16H2,(H,23,24)/b19-13+,20-14+. The summed E-state index contributed by atoms with van der Waals surface area (Å²) in [5.41, 5.74) is 2.28. The molecule has 2 aromatic rings. The van der Waals surface area contributed by atoms with E-state index in [0.29, 0.717) is 13.2 Å². The molecule has 0 aliphatic carbocycles. The molecule has 2 aromatic carbocycles. The lowest BCUT2D eigenvalue weighted by molar-refractivity contribution is 0.0294. The molecule has 4 rings (SSSR count). The molecular formula is C22H22N2O2S. The van der Waals surface area contributed by atoms with Crippen LogP contribution in [-0.4, -0.2) is 41.5 Å². The normalized spacial score (nSPS) is 25.6. The molecule has 2 heterocycles. The van der Waals surface area contributed by atoms with E-state index in [-0.39, 0.29) is 0 Å². The van der Waals surface area contributed by atoms with E-state index in [1.54, 1.807) is 11.8 Å². The number of thioether (sulfide) groups is 1. The van der Waals surface area contributed by atoms with E-state index in [1.165, 1.54) is 0 Å². The molecule has 0 saturated carbocycles. The van der Waals surface area contributed by atoms with Crippen LogP contribution in [0.2, 0.25) is 0 Å². The number of aliphatic hydroxyl groups is 1. The third-order valence-electron chi connectivity index (χ3n) is 4.60. The van der Waals surface area contributed by atoms with E-state index in [4.69, 9.17) is 4.74 Å². The van der Waals surface area contributed by atoms with Gasteiger partial charge in [-0.3, -0.25) is 4.99 Å². The molecule has 0 bridgehead atoms. The largest absolute Gasteiger partial charge is 0.372 e. The second kappa shape index (κ2) is 8.13. The van der Waals surface area contributed by atoms with Crippen LogP contribution in [0.15, 0.2) is 76.8 Å². The molecule has 0 spiro atoms. The first-order chi connectivity index (χ1) is 13.2. The third kappa shape index (κ3) is 4.16. The van der Waals surface area contributed by atoms with E-state index in [9.17, 15) is 5.11 Å². The van der Waals surface area contributed by atoms with Gasteiger partial charge in [0.2, 0.25) is 0 Å². The van der Waals surface area contributed by atoms with Gasteiger partial charge in [-0.1, -0.05) is 72.4 Å². The van der Waals surface area contributed by atoms with Crippen molar-refractivity contribution < 1.29 is 9.84 Å². The van der Waals surface area contributed by atoms with Gasteiger partial charge in [0.1, 0.15) is 0 Å². The Labute approximate surface area is 163 Å². The lowest BCUT2D eigenvalue weighted by Gasteiger charge is -2.38. The van der Waals surface area contributed by atoms with Crippen molar-refractivity contribution in [2.45, 2.75) is 5.72 Å². The summed E-state index contributed by atoms with van der Waals surface area (Å²) in [6, 6.07) is 20.0. The minimum absolute atomic E-state index is 0.364. The maximum atomic E-state index is 11.8. The van der Waals surface area contributed by atoms with Crippen molar-refractivity contribution >= 4 is 29.1 Å². The van der Waals surface area contributed by atoms with Crippen LogP contribution in [0.25, 0.3) is 12.2 Å². The molecule has 1 saturated heterocycles. The summed E-state index contributed by atoms with van der Waals surface area (Å²) >= 11 is 1.63. The highest BCUT2D eigenvalue weighted by molar-refractivity contribution is 8.14. The van der Waals surface area contributed by atoms with Crippen LogP contribution >= 0.6 is 11.8 Å². The summed E-state index contributed by atoms with van der Waals surface area (Å²) in [6.07, 6.45) is 3.98. The number of hydrogen-bond acceptors (Lipinski definition) is 5. The van der Waals surface area contributed by atoms with Crippen LogP contribution < -0.4 is 5.32 Å². The molecule has 138 valence electrons. The van der Waals surface area contributed by atoms with Crippen molar-refractivity contribution in [1.29, 1.82) is 0 Å². The number of ether oxygens (including phenoxy) is 1. The van der Waals surface area contributed by atoms with Crippen LogP contribution in [0.4, 0.5) is 0 Å². The summed E-state index contributed by atoms with van der Waals surface area (Å²) in [4.78, 5) is 4.47. The molecular weight excluding hydrogens is 356 g/mol. The summed E-state index contributed by atoms with van der Waals surface area (Å²) in [5, 5.41) is 15.8. The highest BCUT2D eigenvalue weighted by Crippen LogP contribution is 2.33. The monoisotopic (exact) mass is 378 g/mol. The highest BCUT2D eigenvalue weighted by atomic mass is 32.2. The predicted molar refractivity (Wildman–Crippen MR) is 113 cm³/mol. The minimum Gasteiger partial charge on any atom is -0.372 e. The quantitative estimate of drug-likeness (QED) is 0.802. The average molecular weight is 378 g/mol. The SMILES string of the molecule is OC1(NC2=NCCS2)/C(=C/c2ccccc2)COC/C1=C\c1ccccc1. The van der Waals surface area contributed by atoms with E-state index in [1.807, 2.05) is 72.8 Å². The Hall–Kier alpha value is -2.34. The Kier molecular flexibility index (Phi) is 5.43. The number of nitrogens with zero attached hydrogens (tertiary/aromatic N) is 1. The number of rotatable bonds is 3. The second-order valence-electron chi connectivity index (χ2n) is 6.52. The number of nitrogens with one attached hydrogen (secondary N) is 1. The zero-order chi connectivity index (χ0) is 18.5. The zero-order valence-corrected chi connectivity index (χ0v) is 15.8. The van der Waals surface area contributed by atoms with Crippen molar-refractivity contribution in [1.82, 2.24) is 5.32 Å². The van der Waals surface area contributed by atoms with Gasteiger partial charge in [-0.05, 0) is 23.3 Å². The van der Waals surface area contributed by atoms with Crippen LogP contribution in [0.1, 0.15) is 11.1 Å². The summed E-state index contributed by atoms with van der Waals surface area (Å²) in [5.74, 6) is 0.935. The van der Waals surface area contributed by atoms with Gasteiger partial charge in [0, 0.05) is 16.9 Å². The van der Waals surface area contributed by atoms with Crippen LogP contribution in [0.3, 0.4) is 0 Å². The molecule has 4 nitrogen and oxygen atoms in total. The van der Waals surface area contributed by atoms with E-state index < -0.39 is 5.72 Å². The van der Waals surface area contributed by atoms with Gasteiger partial charge in [-0.15, -0.1) is 0 Å². The Balaban J connectivity index is 1.75. The van der Waals surface area contributed by atoms with Gasteiger partial charge in [0.15, 0.2) is 10.9 Å². The fourth-order valence-corrected chi connectivity index (χ4v) is 3.98. The molecule has 1 fully saturated rings. The van der Waals surface area contributed by atoms with Crippen molar-refractivity contribution in [2.24, 2.45) is 4.99 Å². The van der Waals surface area contributed by atoms with E-state index in [0.717, 1.165) is 39.7 Å². The maximum Gasteiger partial charge on any atom is 0.187 e. The third-order valence-corrected chi connectivity index (χ3v) is 5.49. The first kappa shape index (κ1) is 18.0. The molecule has 0 atom stereocenters. The van der Waals surface area contributed by atoms with Gasteiger partial charge < -0.3 is 15.2 Å². The molecule has 2 aliphatic rings. The van der Waals surface area contributed by atoms with Crippen molar-refractivity contribution in [2.75, 3.05) is 25.5 Å². The second-order valence-corrected chi connectivity index (χ2v) is 7.61. The molecule has 2 aliphatic heterocycles. The smallest absolute Gasteiger partial charge is 0.187 e. The van der Waals surface area contributed by atoms with E-state index >= 15 is 0 Å². The van der Waals surface area contributed by atoms with Crippen molar-refractivity contribution in [3.63, 3.8) is 0 Å². The number of amidine groups is 1. The molecule has 0 unspecified atom stereocenters. The lowest BCUT2D eigenvalue weighted by atomic mass is 9.89. The van der Waals surface area contributed by atoms with Crippen molar-refractivity contribution in [3.8, 4) is 0 Å². The highest BCUT2D eigenvalue weighted by Gasteiger charge is 2.40. The molecule has 0 amide bonds. The molecule has 27 heavy (non-hydrogen) atoms. The van der Waals surface area contributed by atoms with Gasteiger partial charge in [0.05, 0.1) is 19.8 Å². The molecule has 5 heteroatoms. The van der Waals surface area contributed by atoms with Crippen molar-refractivity contribution in [3.05, 3.63) is 82.9 Å².